The first kappa shape index (κ1) is 16.3. The Hall–Kier alpha value is -2.08. The van der Waals surface area contributed by atoms with E-state index in [9.17, 15) is 18.0 Å². The fraction of sp³-hybridized carbons (Fsp3) is 0.0625. The molecular formula is C16H10BrF3O2. The van der Waals surface area contributed by atoms with Crippen molar-refractivity contribution in [2.45, 2.75) is 6.36 Å². The zero-order valence-electron chi connectivity index (χ0n) is 11.1. The summed E-state index contributed by atoms with van der Waals surface area (Å²) >= 11 is 3.05. The summed E-state index contributed by atoms with van der Waals surface area (Å²) in [7, 11) is 0. The third-order valence-electron chi connectivity index (χ3n) is 2.66. The third-order valence-corrected chi connectivity index (χ3v) is 3.15. The average Bonchev–Trinajstić information content (AvgIpc) is 2.44. The maximum Gasteiger partial charge on any atom is 0.573 e. The van der Waals surface area contributed by atoms with E-state index < -0.39 is 17.9 Å². The van der Waals surface area contributed by atoms with Gasteiger partial charge in [0.05, 0.1) is 5.56 Å². The maximum atomic E-state index is 12.4. The molecule has 2 aromatic carbocycles. The van der Waals surface area contributed by atoms with Crippen molar-refractivity contribution in [2.24, 2.45) is 0 Å². The Balaban J connectivity index is 2.27. The summed E-state index contributed by atoms with van der Waals surface area (Å²) < 4.78 is 41.5. The predicted octanol–water partition coefficient (Wildman–Crippen LogP) is 5.24. The van der Waals surface area contributed by atoms with E-state index in [1.165, 1.54) is 24.3 Å². The number of ether oxygens (including phenoxy) is 1. The highest BCUT2D eigenvalue weighted by atomic mass is 79.9. The van der Waals surface area contributed by atoms with Gasteiger partial charge in [-0.2, -0.15) is 0 Å². The Labute approximate surface area is 133 Å². The molecule has 6 heteroatoms. The van der Waals surface area contributed by atoms with E-state index in [2.05, 4.69) is 20.7 Å². The molecule has 0 aliphatic rings. The molecule has 0 radical (unpaired) electrons. The quantitative estimate of drug-likeness (QED) is 0.543. The second-order valence-corrected chi connectivity index (χ2v) is 5.21. The van der Waals surface area contributed by atoms with Gasteiger partial charge in [0.15, 0.2) is 5.78 Å². The summed E-state index contributed by atoms with van der Waals surface area (Å²) in [4.78, 5) is 12.1. The van der Waals surface area contributed by atoms with Crippen molar-refractivity contribution in [1.82, 2.24) is 0 Å². The minimum atomic E-state index is -4.86. The van der Waals surface area contributed by atoms with Crippen LogP contribution in [0.4, 0.5) is 13.2 Å². The molecule has 0 amide bonds. The zero-order valence-corrected chi connectivity index (χ0v) is 12.7. The molecule has 0 fully saturated rings. The molecule has 2 nitrogen and oxygen atoms in total. The number of benzene rings is 2. The average molecular weight is 371 g/mol. The van der Waals surface area contributed by atoms with Crippen molar-refractivity contribution < 1.29 is 22.7 Å². The van der Waals surface area contributed by atoms with Crippen molar-refractivity contribution in [2.75, 3.05) is 0 Å². The predicted molar refractivity (Wildman–Crippen MR) is 80.6 cm³/mol. The van der Waals surface area contributed by atoms with Crippen LogP contribution in [0.25, 0.3) is 6.08 Å². The van der Waals surface area contributed by atoms with Gasteiger partial charge in [0.25, 0.3) is 0 Å². The number of carbonyl (C=O) groups excluding carboxylic acids is 1. The lowest BCUT2D eigenvalue weighted by Crippen LogP contribution is -2.18. The maximum absolute atomic E-state index is 12.4. The van der Waals surface area contributed by atoms with Crippen molar-refractivity contribution in [3.8, 4) is 5.75 Å². The van der Waals surface area contributed by atoms with Crippen LogP contribution in [0.15, 0.2) is 59.1 Å². The van der Waals surface area contributed by atoms with Crippen LogP contribution in [-0.2, 0) is 0 Å². The molecule has 0 atom stereocenters. The topological polar surface area (TPSA) is 26.3 Å². The Kier molecular flexibility index (Phi) is 5.03. The molecule has 0 bridgehead atoms. The highest BCUT2D eigenvalue weighted by Crippen LogP contribution is 2.30. The molecule has 0 saturated carbocycles. The SMILES string of the molecule is O=C(/C=C/c1ccccc1)c1ccc(Br)cc1OC(F)(F)F. The van der Waals surface area contributed by atoms with Gasteiger partial charge in [-0.1, -0.05) is 52.3 Å². The monoisotopic (exact) mass is 370 g/mol. The second kappa shape index (κ2) is 6.79. The van der Waals surface area contributed by atoms with Crippen LogP contribution in [-0.4, -0.2) is 12.1 Å². The van der Waals surface area contributed by atoms with Crippen LogP contribution in [0.3, 0.4) is 0 Å². The first-order valence-corrected chi connectivity index (χ1v) is 6.97. The third kappa shape index (κ3) is 4.73. The number of carbonyl (C=O) groups is 1. The smallest absolute Gasteiger partial charge is 0.405 e. The summed E-state index contributed by atoms with van der Waals surface area (Å²) in [6.45, 7) is 0. The van der Waals surface area contributed by atoms with Crippen molar-refractivity contribution in [3.63, 3.8) is 0 Å². The van der Waals surface area contributed by atoms with Gasteiger partial charge >= 0.3 is 6.36 Å². The number of rotatable bonds is 4. The van der Waals surface area contributed by atoms with Crippen LogP contribution in [0.2, 0.25) is 0 Å². The Morgan fingerprint density at radius 1 is 1.09 bits per heavy atom. The van der Waals surface area contributed by atoms with Crippen molar-refractivity contribution in [1.29, 1.82) is 0 Å². The van der Waals surface area contributed by atoms with Crippen LogP contribution < -0.4 is 4.74 Å². The van der Waals surface area contributed by atoms with E-state index in [4.69, 9.17) is 0 Å². The normalized spacial score (nSPS) is 11.6. The number of hydrogen-bond donors (Lipinski definition) is 0. The van der Waals surface area contributed by atoms with Crippen molar-refractivity contribution >= 4 is 27.8 Å². The summed E-state index contributed by atoms with van der Waals surface area (Å²) in [5.74, 6) is -1.11. The molecule has 0 spiro atoms. The Morgan fingerprint density at radius 3 is 2.41 bits per heavy atom. The Bertz CT molecular complexity index is 694. The standard InChI is InChI=1S/C16H10BrF3O2/c17-12-7-8-13(15(10-12)22-16(18,19)20)14(21)9-6-11-4-2-1-3-5-11/h1-10H/b9-6+. The van der Waals surface area contributed by atoms with Gasteiger partial charge in [0.1, 0.15) is 5.75 Å². The molecule has 0 aromatic heterocycles. The van der Waals surface area contributed by atoms with Gasteiger partial charge in [-0.25, -0.2) is 0 Å². The van der Waals surface area contributed by atoms with Gasteiger partial charge in [-0.15, -0.1) is 13.2 Å². The fourth-order valence-electron chi connectivity index (χ4n) is 1.73. The summed E-state index contributed by atoms with van der Waals surface area (Å²) in [6, 6.07) is 12.8. The van der Waals surface area contributed by atoms with Crippen LogP contribution in [0.1, 0.15) is 15.9 Å². The molecule has 0 N–H and O–H groups in total. The van der Waals surface area contributed by atoms with Crippen LogP contribution >= 0.6 is 15.9 Å². The largest absolute Gasteiger partial charge is 0.573 e. The molecule has 0 heterocycles. The lowest BCUT2D eigenvalue weighted by atomic mass is 10.1. The first-order valence-electron chi connectivity index (χ1n) is 6.18. The van der Waals surface area contributed by atoms with E-state index >= 15 is 0 Å². The van der Waals surface area contributed by atoms with Gasteiger partial charge in [0, 0.05) is 4.47 Å². The van der Waals surface area contributed by atoms with Gasteiger partial charge in [-0.05, 0) is 29.8 Å². The number of hydrogen-bond acceptors (Lipinski definition) is 2. The van der Waals surface area contributed by atoms with E-state index in [1.807, 2.05) is 6.07 Å². The molecular weight excluding hydrogens is 361 g/mol. The zero-order chi connectivity index (χ0) is 16.2. The highest BCUT2D eigenvalue weighted by Gasteiger charge is 2.32. The molecule has 22 heavy (non-hydrogen) atoms. The van der Waals surface area contributed by atoms with E-state index in [0.29, 0.717) is 4.47 Å². The lowest BCUT2D eigenvalue weighted by molar-refractivity contribution is -0.274. The molecule has 0 unspecified atom stereocenters. The van der Waals surface area contributed by atoms with E-state index in [0.717, 1.165) is 11.6 Å². The second-order valence-electron chi connectivity index (χ2n) is 4.30. The summed E-state index contributed by atoms with van der Waals surface area (Å²) in [6.07, 6.45) is -2.12. The van der Waals surface area contributed by atoms with Crippen LogP contribution in [0, 0.1) is 0 Å². The number of halogens is 4. The summed E-state index contributed by atoms with van der Waals surface area (Å²) in [5.41, 5.74) is 0.610. The number of ketones is 1. The molecule has 2 rings (SSSR count). The molecule has 0 aliphatic heterocycles. The highest BCUT2D eigenvalue weighted by molar-refractivity contribution is 9.10. The van der Waals surface area contributed by atoms with Gasteiger partial charge < -0.3 is 4.74 Å². The lowest BCUT2D eigenvalue weighted by Gasteiger charge is -2.12. The van der Waals surface area contributed by atoms with Crippen LogP contribution in [0.5, 0.6) is 5.75 Å². The number of alkyl halides is 3. The number of allylic oxidation sites excluding steroid dienone is 1. The van der Waals surface area contributed by atoms with E-state index in [1.54, 1.807) is 24.3 Å². The van der Waals surface area contributed by atoms with Crippen molar-refractivity contribution in [3.05, 3.63) is 70.2 Å². The fourth-order valence-corrected chi connectivity index (χ4v) is 2.07. The first-order chi connectivity index (χ1) is 10.3. The minimum absolute atomic E-state index is 0.160. The van der Waals surface area contributed by atoms with Gasteiger partial charge in [-0.3, -0.25) is 4.79 Å². The van der Waals surface area contributed by atoms with E-state index in [-0.39, 0.29) is 5.56 Å². The molecule has 2 aromatic rings. The molecule has 114 valence electrons. The molecule has 0 saturated heterocycles. The molecule has 0 aliphatic carbocycles. The summed E-state index contributed by atoms with van der Waals surface area (Å²) in [5, 5.41) is 0. The van der Waals surface area contributed by atoms with Gasteiger partial charge in [0.2, 0.25) is 0 Å². The Morgan fingerprint density at radius 2 is 1.77 bits per heavy atom. The minimum Gasteiger partial charge on any atom is -0.405 e.